The first-order valence-electron chi connectivity index (χ1n) is 10.6. The minimum absolute atomic E-state index is 0.128. The Morgan fingerprint density at radius 1 is 1.09 bits per heavy atom. The van der Waals surface area contributed by atoms with Crippen LogP contribution in [0.3, 0.4) is 0 Å². The zero-order valence-corrected chi connectivity index (χ0v) is 18.6. The van der Waals surface area contributed by atoms with E-state index in [-0.39, 0.29) is 12.2 Å². The van der Waals surface area contributed by atoms with E-state index in [2.05, 4.69) is 0 Å². The smallest absolute Gasteiger partial charge is 0.355 e. The SMILES string of the molecule is CCOC(=O)c1c2c(c(C)n1Cc1ccc(C)cc1)-c1oc(=O)c(C(=O)OC)cc1CC2. The number of aryl methyl sites for hydroxylation is 2. The molecule has 1 aliphatic carbocycles. The molecule has 0 radical (unpaired) electrons. The van der Waals surface area contributed by atoms with Crippen molar-refractivity contribution in [3.63, 3.8) is 0 Å². The molecule has 0 N–H and O–H groups in total. The quantitative estimate of drug-likeness (QED) is 0.566. The van der Waals surface area contributed by atoms with Gasteiger partial charge in [0, 0.05) is 17.8 Å². The number of rotatable bonds is 5. The normalized spacial score (nSPS) is 12.1. The minimum Gasteiger partial charge on any atom is -0.465 e. The molecule has 0 saturated carbocycles. The van der Waals surface area contributed by atoms with Crippen molar-refractivity contribution in [3.05, 3.63) is 80.0 Å². The minimum atomic E-state index is -0.758. The number of aromatic nitrogens is 1. The average Bonchev–Trinajstić information content (AvgIpc) is 3.06. The molecule has 2 heterocycles. The van der Waals surface area contributed by atoms with Gasteiger partial charge in [0.1, 0.15) is 17.0 Å². The lowest BCUT2D eigenvalue weighted by Gasteiger charge is -2.16. The number of methoxy groups -OCH3 is 1. The van der Waals surface area contributed by atoms with Crippen molar-refractivity contribution in [3.8, 4) is 11.3 Å². The summed E-state index contributed by atoms with van der Waals surface area (Å²) in [6.07, 6.45) is 1.09. The van der Waals surface area contributed by atoms with Crippen LogP contribution in [0.25, 0.3) is 11.3 Å². The highest BCUT2D eigenvalue weighted by Gasteiger charge is 2.33. The number of ether oxygens (including phenoxy) is 2. The molecule has 0 atom stereocenters. The highest BCUT2D eigenvalue weighted by Crippen LogP contribution is 2.40. The predicted molar refractivity (Wildman–Crippen MR) is 118 cm³/mol. The Kier molecular flexibility index (Phi) is 5.74. The van der Waals surface area contributed by atoms with Crippen LogP contribution in [0.5, 0.6) is 0 Å². The summed E-state index contributed by atoms with van der Waals surface area (Å²) in [6.45, 7) is 6.44. The first-order chi connectivity index (χ1) is 15.3. The Bertz CT molecular complexity index is 1260. The fraction of sp³-hybridized carbons (Fsp3) is 0.320. The largest absolute Gasteiger partial charge is 0.465 e. The highest BCUT2D eigenvalue weighted by atomic mass is 16.5. The van der Waals surface area contributed by atoms with Crippen molar-refractivity contribution in [1.29, 1.82) is 0 Å². The zero-order valence-electron chi connectivity index (χ0n) is 18.6. The fourth-order valence-corrected chi connectivity index (χ4v) is 4.27. The van der Waals surface area contributed by atoms with Crippen LogP contribution in [0.4, 0.5) is 0 Å². The highest BCUT2D eigenvalue weighted by molar-refractivity contribution is 5.94. The molecule has 32 heavy (non-hydrogen) atoms. The molecule has 1 aromatic carbocycles. The van der Waals surface area contributed by atoms with Crippen molar-refractivity contribution >= 4 is 11.9 Å². The molecular weight excluding hydrogens is 410 g/mol. The van der Waals surface area contributed by atoms with Crippen LogP contribution in [0.15, 0.2) is 39.5 Å². The van der Waals surface area contributed by atoms with Gasteiger partial charge in [-0.3, -0.25) is 0 Å². The van der Waals surface area contributed by atoms with Gasteiger partial charge >= 0.3 is 17.6 Å². The Labute approximate surface area is 185 Å². The Morgan fingerprint density at radius 2 is 1.81 bits per heavy atom. The van der Waals surface area contributed by atoms with Gasteiger partial charge in [0.15, 0.2) is 0 Å². The molecule has 0 fully saturated rings. The molecule has 7 heteroatoms. The zero-order chi connectivity index (χ0) is 23.0. The molecule has 0 saturated heterocycles. The van der Waals surface area contributed by atoms with Crippen LogP contribution >= 0.6 is 0 Å². The third-order valence-corrected chi connectivity index (χ3v) is 5.86. The number of fused-ring (bicyclic) bond motifs is 3. The van der Waals surface area contributed by atoms with Crippen molar-refractivity contribution < 1.29 is 23.5 Å². The summed E-state index contributed by atoms with van der Waals surface area (Å²) in [5.41, 5.74) is 4.85. The van der Waals surface area contributed by atoms with Gasteiger partial charge < -0.3 is 18.5 Å². The van der Waals surface area contributed by atoms with Crippen LogP contribution in [0.2, 0.25) is 0 Å². The number of hydrogen-bond acceptors (Lipinski definition) is 6. The Hall–Kier alpha value is -3.61. The summed E-state index contributed by atoms with van der Waals surface area (Å²) in [5, 5.41) is 0. The fourth-order valence-electron chi connectivity index (χ4n) is 4.27. The van der Waals surface area contributed by atoms with E-state index in [1.165, 1.54) is 13.2 Å². The topological polar surface area (TPSA) is 87.7 Å². The molecule has 0 aliphatic heterocycles. The van der Waals surface area contributed by atoms with Crippen molar-refractivity contribution in [2.45, 2.75) is 40.2 Å². The number of carbonyl (C=O) groups is 2. The number of nitrogens with zero attached hydrogens (tertiary/aromatic N) is 1. The molecule has 0 amide bonds. The second-order valence-electron chi connectivity index (χ2n) is 7.87. The van der Waals surface area contributed by atoms with Crippen LogP contribution in [0.1, 0.15) is 55.7 Å². The summed E-state index contributed by atoms with van der Waals surface area (Å²) >= 11 is 0. The summed E-state index contributed by atoms with van der Waals surface area (Å²) in [4.78, 5) is 37.4. The van der Waals surface area contributed by atoms with Crippen molar-refractivity contribution in [2.24, 2.45) is 0 Å². The van der Waals surface area contributed by atoms with E-state index < -0.39 is 17.6 Å². The lowest BCUT2D eigenvalue weighted by molar-refractivity contribution is 0.0511. The summed E-state index contributed by atoms with van der Waals surface area (Å²) in [7, 11) is 1.22. The molecule has 0 bridgehead atoms. The van der Waals surface area contributed by atoms with Crippen molar-refractivity contribution in [2.75, 3.05) is 13.7 Å². The Balaban J connectivity index is 1.91. The van der Waals surface area contributed by atoms with E-state index in [0.717, 1.165) is 33.5 Å². The molecular formula is C25H25NO6. The third kappa shape index (κ3) is 3.64. The molecule has 1 aliphatic rings. The van der Waals surface area contributed by atoms with Gasteiger partial charge in [0.05, 0.1) is 13.7 Å². The summed E-state index contributed by atoms with van der Waals surface area (Å²) in [5.74, 6) is -0.733. The van der Waals surface area contributed by atoms with Gasteiger partial charge in [0.25, 0.3) is 0 Å². The summed E-state index contributed by atoms with van der Waals surface area (Å²) < 4.78 is 17.6. The molecule has 4 rings (SSSR count). The van der Waals surface area contributed by atoms with Gasteiger partial charge in [-0.15, -0.1) is 0 Å². The van der Waals surface area contributed by atoms with E-state index in [4.69, 9.17) is 13.9 Å². The van der Waals surface area contributed by atoms with Gasteiger partial charge in [0.2, 0.25) is 0 Å². The lowest BCUT2D eigenvalue weighted by atomic mass is 9.89. The number of carbonyl (C=O) groups excluding carboxylic acids is 2. The van der Waals surface area contributed by atoms with Crippen molar-refractivity contribution in [1.82, 2.24) is 4.57 Å². The second-order valence-corrected chi connectivity index (χ2v) is 7.87. The van der Waals surface area contributed by atoms with E-state index in [1.54, 1.807) is 6.92 Å². The molecule has 7 nitrogen and oxygen atoms in total. The molecule has 3 aromatic rings. The van der Waals surface area contributed by atoms with Crippen LogP contribution in [-0.4, -0.2) is 30.2 Å². The van der Waals surface area contributed by atoms with Gasteiger partial charge in [-0.1, -0.05) is 29.8 Å². The first kappa shape index (κ1) is 21.6. The second kappa shape index (κ2) is 8.49. The maximum Gasteiger partial charge on any atom is 0.355 e. The van der Waals surface area contributed by atoms with Crippen LogP contribution in [0, 0.1) is 13.8 Å². The third-order valence-electron chi connectivity index (χ3n) is 5.86. The first-order valence-corrected chi connectivity index (χ1v) is 10.6. The summed E-state index contributed by atoms with van der Waals surface area (Å²) in [6, 6.07) is 9.65. The number of esters is 2. The van der Waals surface area contributed by atoms with E-state index >= 15 is 0 Å². The average molecular weight is 435 g/mol. The van der Waals surface area contributed by atoms with E-state index in [9.17, 15) is 14.4 Å². The molecule has 0 spiro atoms. The molecule has 166 valence electrons. The number of benzene rings is 1. The standard InChI is InChI=1S/C25H25NO6/c1-5-31-25(29)21-18-11-10-17-12-19(23(27)30-4)24(28)32-22(17)20(18)15(3)26(21)13-16-8-6-14(2)7-9-16/h6-9,12H,5,10-11,13H2,1-4H3. The van der Waals surface area contributed by atoms with Gasteiger partial charge in [-0.05, 0) is 56.4 Å². The lowest BCUT2D eigenvalue weighted by Crippen LogP contribution is -2.19. The number of hydrogen-bond donors (Lipinski definition) is 0. The van der Waals surface area contributed by atoms with Gasteiger partial charge in [-0.25, -0.2) is 14.4 Å². The van der Waals surface area contributed by atoms with E-state index in [1.807, 2.05) is 42.7 Å². The predicted octanol–water partition coefficient (Wildman–Crippen LogP) is 3.84. The maximum atomic E-state index is 13.0. The Morgan fingerprint density at radius 3 is 2.47 bits per heavy atom. The monoisotopic (exact) mass is 435 g/mol. The molecule has 2 aromatic heterocycles. The van der Waals surface area contributed by atoms with Crippen LogP contribution < -0.4 is 5.63 Å². The maximum absolute atomic E-state index is 13.0. The van der Waals surface area contributed by atoms with Crippen LogP contribution in [-0.2, 0) is 28.9 Å². The van der Waals surface area contributed by atoms with E-state index in [0.29, 0.717) is 30.8 Å². The molecule has 0 unspecified atom stereocenters. The van der Waals surface area contributed by atoms with Gasteiger partial charge in [-0.2, -0.15) is 0 Å².